The number of nitrogens with zero attached hydrogens (tertiary/aromatic N) is 4. The molecular weight excluding hydrogens is 697 g/mol. The van der Waals surface area contributed by atoms with Crippen LogP contribution in [-0.4, -0.2) is 14.1 Å². The molecule has 0 aliphatic heterocycles. The molecule has 274 valence electrons. The molecule has 0 atom stereocenters. The Morgan fingerprint density at radius 1 is 0.526 bits per heavy atom. The van der Waals surface area contributed by atoms with Gasteiger partial charge in [-0.1, -0.05) is 124 Å². The van der Waals surface area contributed by atoms with E-state index in [2.05, 4.69) is 217 Å². The maximum Gasteiger partial charge on any atom is 0.255 e. The minimum Gasteiger partial charge on any atom is -0.457 e. The van der Waals surface area contributed by atoms with Crippen LogP contribution in [0.2, 0.25) is 0 Å². The monoisotopic (exact) mass is 737 g/mol. The molecular formula is C52H41N4O+. The lowest BCUT2D eigenvalue weighted by Gasteiger charge is -2.20. The van der Waals surface area contributed by atoms with Crippen molar-refractivity contribution in [3.05, 3.63) is 200 Å². The van der Waals surface area contributed by atoms with Crippen LogP contribution in [0.25, 0.3) is 72.3 Å². The molecule has 3 heterocycles. The van der Waals surface area contributed by atoms with E-state index in [0.29, 0.717) is 0 Å². The molecule has 3 aromatic heterocycles. The Bertz CT molecular complexity index is 3080. The zero-order valence-electron chi connectivity index (χ0n) is 32.2. The van der Waals surface area contributed by atoms with Crippen molar-refractivity contribution < 1.29 is 9.30 Å². The summed E-state index contributed by atoms with van der Waals surface area (Å²) in [6, 6.07) is 64.1. The van der Waals surface area contributed by atoms with Gasteiger partial charge in [-0.25, -0.2) is 4.98 Å². The van der Waals surface area contributed by atoms with Gasteiger partial charge in [0.25, 0.3) is 6.33 Å². The van der Waals surface area contributed by atoms with Crippen LogP contribution in [-0.2, 0) is 5.41 Å². The molecule has 0 aliphatic carbocycles. The van der Waals surface area contributed by atoms with Gasteiger partial charge in [0.2, 0.25) is 0 Å². The number of pyridine rings is 1. The summed E-state index contributed by atoms with van der Waals surface area (Å²) in [4.78, 5) is 4.86. The number of imidazole rings is 1. The van der Waals surface area contributed by atoms with Crippen LogP contribution >= 0.6 is 0 Å². The van der Waals surface area contributed by atoms with Gasteiger partial charge in [-0.15, -0.1) is 0 Å². The van der Waals surface area contributed by atoms with E-state index in [1.165, 1.54) is 27.6 Å². The van der Waals surface area contributed by atoms with E-state index >= 15 is 0 Å². The Kier molecular flexibility index (Phi) is 8.30. The summed E-state index contributed by atoms with van der Waals surface area (Å²) in [7, 11) is 0. The van der Waals surface area contributed by atoms with E-state index in [0.717, 1.165) is 61.7 Å². The van der Waals surface area contributed by atoms with Gasteiger partial charge in [0, 0.05) is 34.7 Å². The molecule has 0 aliphatic rings. The van der Waals surface area contributed by atoms with E-state index in [4.69, 9.17) is 9.72 Å². The predicted molar refractivity (Wildman–Crippen MR) is 233 cm³/mol. The predicted octanol–water partition coefficient (Wildman–Crippen LogP) is 12.8. The SMILES string of the molecule is CC(C)(C)c1ccnc(-n2c3ccccc3c3ccc(Oc4cccc(-n5c[n+](-c6cc(-c7ccccc7)ccc6-c6ccccc6)c6ccccc65)c4)cc32)c1. The number of hydrogen-bond acceptors (Lipinski definition) is 2. The number of fused-ring (bicyclic) bond motifs is 4. The van der Waals surface area contributed by atoms with Crippen molar-refractivity contribution >= 4 is 32.8 Å². The minimum atomic E-state index is -0.00354. The van der Waals surface area contributed by atoms with E-state index in [1.807, 2.05) is 12.3 Å². The molecule has 5 heteroatoms. The number of para-hydroxylation sites is 3. The van der Waals surface area contributed by atoms with Crippen LogP contribution in [0.3, 0.4) is 0 Å². The van der Waals surface area contributed by atoms with Gasteiger partial charge in [0.15, 0.2) is 11.0 Å². The van der Waals surface area contributed by atoms with Gasteiger partial charge in [-0.2, -0.15) is 9.13 Å². The standard InChI is InChI=1S/C52H41N4O/c1-52(2,3)39-29-30-53-51(32-39)56-46-22-11-10-21-44(46)45-28-26-42(34-50(45)56)57-41-20-14-19-40(33-41)54-35-55(48-24-13-12-23-47(48)54)49-31-38(36-15-6-4-7-16-36)25-27-43(49)37-17-8-5-9-18-37/h4-35H,1-3H3/q+1. The largest absolute Gasteiger partial charge is 0.457 e. The van der Waals surface area contributed by atoms with Crippen LogP contribution in [0.5, 0.6) is 11.5 Å². The summed E-state index contributed by atoms with van der Waals surface area (Å²) >= 11 is 0. The van der Waals surface area contributed by atoms with Crippen molar-refractivity contribution in [2.45, 2.75) is 26.2 Å². The molecule has 0 fully saturated rings. The third-order valence-corrected chi connectivity index (χ3v) is 10.9. The molecule has 10 aromatic rings. The average Bonchev–Trinajstić information content (AvgIpc) is 3.80. The van der Waals surface area contributed by atoms with Crippen LogP contribution in [0, 0.1) is 0 Å². The van der Waals surface area contributed by atoms with Crippen molar-refractivity contribution in [2.24, 2.45) is 0 Å². The summed E-state index contributed by atoms with van der Waals surface area (Å²) in [6.07, 6.45) is 4.11. The average molecular weight is 738 g/mol. The summed E-state index contributed by atoms with van der Waals surface area (Å²) < 4.78 is 13.5. The fourth-order valence-corrected chi connectivity index (χ4v) is 8.01. The van der Waals surface area contributed by atoms with Crippen LogP contribution in [0.15, 0.2) is 195 Å². The molecule has 0 amide bonds. The second-order valence-corrected chi connectivity index (χ2v) is 15.6. The quantitative estimate of drug-likeness (QED) is 0.153. The molecule has 5 nitrogen and oxygen atoms in total. The molecule has 57 heavy (non-hydrogen) atoms. The maximum atomic E-state index is 6.70. The smallest absolute Gasteiger partial charge is 0.255 e. The van der Waals surface area contributed by atoms with Crippen LogP contribution in [0.4, 0.5) is 0 Å². The molecule has 10 rings (SSSR count). The Morgan fingerprint density at radius 3 is 2.04 bits per heavy atom. The highest BCUT2D eigenvalue weighted by Crippen LogP contribution is 2.37. The summed E-state index contributed by atoms with van der Waals surface area (Å²) in [5.41, 5.74) is 12.4. The Morgan fingerprint density at radius 2 is 1.23 bits per heavy atom. The third kappa shape index (κ3) is 6.24. The normalized spacial score (nSPS) is 11.8. The highest BCUT2D eigenvalue weighted by molar-refractivity contribution is 6.09. The van der Waals surface area contributed by atoms with Crippen molar-refractivity contribution in [3.8, 4) is 50.9 Å². The lowest BCUT2D eigenvalue weighted by Crippen LogP contribution is -2.30. The number of ether oxygens (including phenoxy) is 1. The topological polar surface area (TPSA) is 35.9 Å². The summed E-state index contributed by atoms with van der Waals surface area (Å²) in [5, 5.41) is 2.34. The first kappa shape index (κ1) is 34.3. The highest BCUT2D eigenvalue weighted by Gasteiger charge is 2.23. The van der Waals surface area contributed by atoms with Crippen molar-refractivity contribution in [1.82, 2.24) is 14.1 Å². The second-order valence-electron chi connectivity index (χ2n) is 15.6. The van der Waals surface area contributed by atoms with Gasteiger partial charge < -0.3 is 4.74 Å². The van der Waals surface area contributed by atoms with Gasteiger partial charge in [0.05, 0.1) is 11.0 Å². The van der Waals surface area contributed by atoms with E-state index in [-0.39, 0.29) is 5.41 Å². The molecule has 0 saturated carbocycles. The van der Waals surface area contributed by atoms with Gasteiger partial charge in [0.1, 0.15) is 28.7 Å². The van der Waals surface area contributed by atoms with E-state index in [9.17, 15) is 0 Å². The zero-order valence-corrected chi connectivity index (χ0v) is 32.2. The lowest BCUT2D eigenvalue weighted by atomic mass is 9.88. The molecule has 0 saturated heterocycles. The van der Waals surface area contributed by atoms with Gasteiger partial charge in [-0.05, 0) is 94.4 Å². The van der Waals surface area contributed by atoms with Crippen LogP contribution in [0.1, 0.15) is 26.3 Å². The molecule has 0 unspecified atom stereocenters. The first-order valence-electron chi connectivity index (χ1n) is 19.4. The van der Waals surface area contributed by atoms with E-state index in [1.54, 1.807) is 0 Å². The highest BCUT2D eigenvalue weighted by atomic mass is 16.5. The van der Waals surface area contributed by atoms with Crippen molar-refractivity contribution in [1.29, 1.82) is 0 Å². The molecule has 0 spiro atoms. The lowest BCUT2D eigenvalue weighted by molar-refractivity contribution is -0.567. The van der Waals surface area contributed by atoms with Crippen molar-refractivity contribution in [3.63, 3.8) is 0 Å². The summed E-state index contributed by atoms with van der Waals surface area (Å²) in [5.74, 6) is 2.40. The zero-order chi connectivity index (χ0) is 38.5. The second kappa shape index (κ2) is 13.8. The number of hydrogen-bond donors (Lipinski definition) is 0. The number of aromatic nitrogens is 4. The van der Waals surface area contributed by atoms with E-state index < -0.39 is 0 Å². The van der Waals surface area contributed by atoms with Crippen molar-refractivity contribution in [2.75, 3.05) is 0 Å². The molecule has 0 bridgehead atoms. The molecule has 0 radical (unpaired) electrons. The van der Waals surface area contributed by atoms with Crippen LogP contribution < -0.4 is 9.30 Å². The maximum absolute atomic E-state index is 6.70. The first-order valence-corrected chi connectivity index (χ1v) is 19.4. The fraction of sp³-hybridized carbons (Fsp3) is 0.0769. The number of benzene rings is 7. The van der Waals surface area contributed by atoms with Gasteiger partial charge in [-0.3, -0.25) is 4.57 Å². The van der Waals surface area contributed by atoms with Gasteiger partial charge >= 0.3 is 0 Å². The Hall–Kier alpha value is -7.24. The first-order chi connectivity index (χ1) is 27.9. The molecule has 0 N–H and O–H groups in total. The Balaban J connectivity index is 1.07. The molecule has 7 aromatic carbocycles. The summed E-state index contributed by atoms with van der Waals surface area (Å²) in [6.45, 7) is 6.71. The minimum absolute atomic E-state index is 0.00354. The Labute approximate surface area is 332 Å². The fourth-order valence-electron chi connectivity index (χ4n) is 8.01. The number of rotatable bonds is 7. The third-order valence-electron chi connectivity index (χ3n) is 10.9.